The quantitative estimate of drug-likeness (QED) is 0.270. The van der Waals surface area contributed by atoms with Crippen LogP contribution in [0.2, 0.25) is 0 Å². The fourth-order valence-corrected chi connectivity index (χ4v) is 2.32. The standard InChI is InChI=1S/C13H19NO5S2/c1-13(2,3)19-12(15)8-14-9-18-21(16,17)11-6-4-10(20)5-7-11/h4-7,14,20H,8-9H2,1-3H3. The summed E-state index contributed by atoms with van der Waals surface area (Å²) in [5, 5.41) is 2.55. The van der Waals surface area contributed by atoms with E-state index in [0.717, 1.165) is 0 Å². The van der Waals surface area contributed by atoms with Crippen molar-refractivity contribution in [2.24, 2.45) is 0 Å². The zero-order chi connectivity index (χ0) is 16.1. The van der Waals surface area contributed by atoms with Gasteiger partial charge in [0.05, 0.1) is 11.4 Å². The van der Waals surface area contributed by atoms with Crippen LogP contribution in [0.5, 0.6) is 0 Å². The molecule has 0 aliphatic rings. The van der Waals surface area contributed by atoms with Crippen molar-refractivity contribution in [3.8, 4) is 0 Å². The van der Waals surface area contributed by atoms with E-state index >= 15 is 0 Å². The van der Waals surface area contributed by atoms with Gasteiger partial charge in [-0.05, 0) is 45.0 Å². The van der Waals surface area contributed by atoms with Gasteiger partial charge in [-0.15, -0.1) is 12.6 Å². The van der Waals surface area contributed by atoms with Crippen LogP contribution in [0.15, 0.2) is 34.1 Å². The Kier molecular flexibility index (Phi) is 6.21. The third-order valence-electron chi connectivity index (χ3n) is 2.13. The summed E-state index contributed by atoms with van der Waals surface area (Å²) >= 11 is 4.07. The van der Waals surface area contributed by atoms with Crippen molar-refractivity contribution in [2.45, 2.75) is 36.2 Å². The monoisotopic (exact) mass is 333 g/mol. The van der Waals surface area contributed by atoms with E-state index in [1.54, 1.807) is 32.9 Å². The number of esters is 1. The first-order valence-corrected chi connectivity index (χ1v) is 8.07. The summed E-state index contributed by atoms with van der Waals surface area (Å²) in [6.07, 6.45) is 0. The smallest absolute Gasteiger partial charge is 0.320 e. The first-order valence-electron chi connectivity index (χ1n) is 6.21. The van der Waals surface area contributed by atoms with Crippen LogP contribution in [-0.2, 0) is 23.8 Å². The normalized spacial score (nSPS) is 12.2. The molecule has 1 aromatic carbocycles. The zero-order valence-electron chi connectivity index (χ0n) is 12.1. The molecule has 0 bridgehead atoms. The molecule has 0 unspecified atom stereocenters. The van der Waals surface area contributed by atoms with E-state index in [0.29, 0.717) is 4.90 Å². The van der Waals surface area contributed by atoms with Gasteiger partial charge in [-0.3, -0.25) is 14.3 Å². The second kappa shape index (κ2) is 7.26. The summed E-state index contributed by atoms with van der Waals surface area (Å²) < 4.78 is 33.4. The van der Waals surface area contributed by atoms with Crippen LogP contribution < -0.4 is 5.32 Å². The topological polar surface area (TPSA) is 81.7 Å². The van der Waals surface area contributed by atoms with E-state index in [1.165, 1.54) is 12.1 Å². The molecule has 0 amide bonds. The molecule has 1 aromatic rings. The van der Waals surface area contributed by atoms with E-state index in [2.05, 4.69) is 17.9 Å². The lowest BCUT2D eigenvalue weighted by atomic mass is 10.2. The van der Waals surface area contributed by atoms with Crippen molar-refractivity contribution in [3.05, 3.63) is 24.3 Å². The van der Waals surface area contributed by atoms with Crippen LogP contribution in [-0.4, -0.2) is 33.3 Å². The van der Waals surface area contributed by atoms with Crippen LogP contribution in [0.4, 0.5) is 0 Å². The molecule has 0 saturated heterocycles. The van der Waals surface area contributed by atoms with Crippen LogP contribution in [0, 0.1) is 0 Å². The zero-order valence-corrected chi connectivity index (χ0v) is 13.8. The molecule has 6 nitrogen and oxygen atoms in total. The van der Waals surface area contributed by atoms with Gasteiger partial charge in [0.25, 0.3) is 10.1 Å². The SMILES string of the molecule is CC(C)(C)OC(=O)CNCOS(=O)(=O)c1ccc(S)cc1. The Morgan fingerprint density at radius 2 is 1.81 bits per heavy atom. The molecule has 0 radical (unpaired) electrons. The maximum atomic E-state index is 11.8. The highest BCUT2D eigenvalue weighted by Gasteiger charge is 2.17. The summed E-state index contributed by atoms with van der Waals surface area (Å²) in [5.74, 6) is -0.483. The van der Waals surface area contributed by atoms with Crippen molar-refractivity contribution in [3.63, 3.8) is 0 Å². The minimum atomic E-state index is -3.86. The van der Waals surface area contributed by atoms with E-state index in [-0.39, 0.29) is 18.2 Å². The molecule has 0 atom stereocenters. The Morgan fingerprint density at radius 3 is 2.33 bits per heavy atom. The number of ether oxygens (including phenoxy) is 1. The molecule has 0 aromatic heterocycles. The fraction of sp³-hybridized carbons (Fsp3) is 0.462. The third-order valence-corrected chi connectivity index (χ3v) is 3.71. The molecule has 0 fully saturated rings. The molecule has 1 N–H and O–H groups in total. The molecule has 0 spiro atoms. The Balaban J connectivity index is 2.41. The molecule has 0 aliphatic heterocycles. The highest BCUT2D eigenvalue weighted by Crippen LogP contribution is 2.14. The number of carbonyl (C=O) groups excluding carboxylic acids is 1. The third kappa shape index (κ3) is 6.94. The van der Waals surface area contributed by atoms with E-state index < -0.39 is 21.7 Å². The van der Waals surface area contributed by atoms with Crippen molar-refractivity contribution >= 4 is 28.7 Å². The lowest BCUT2D eigenvalue weighted by molar-refractivity contribution is -0.153. The van der Waals surface area contributed by atoms with Crippen LogP contribution >= 0.6 is 12.6 Å². The molecule has 0 heterocycles. The number of thiol groups is 1. The Hall–Kier alpha value is -1.09. The van der Waals surface area contributed by atoms with E-state index in [9.17, 15) is 13.2 Å². The highest BCUT2D eigenvalue weighted by atomic mass is 32.2. The second-order valence-electron chi connectivity index (χ2n) is 5.22. The first-order chi connectivity index (χ1) is 9.60. The molecule has 0 aliphatic carbocycles. The number of hydrogen-bond donors (Lipinski definition) is 2. The summed E-state index contributed by atoms with van der Waals surface area (Å²) in [6.45, 7) is 4.79. The summed E-state index contributed by atoms with van der Waals surface area (Å²) in [7, 11) is -3.86. The Morgan fingerprint density at radius 1 is 1.24 bits per heavy atom. The highest BCUT2D eigenvalue weighted by molar-refractivity contribution is 7.86. The van der Waals surface area contributed by atoms with Gasteiger partial charge in [0, 0.05) is 4.90 Å². The van der Waals surface area contributed by atoms with Crippen molar-refractivity contribution in [2.75, 3.05) is 13.3 Å². The Labute approximate surface area is 130 Å². The Bertz CT molecular complexity index is 576. The molecule has 1 rings (SSSR count). The largest absolute Gasteiger partial charge is 0.459 e. The number of benzene rings is 1. The number of rotatable bonds is 6. The minimum absolute atomic E-state index is 0.0272. The lowest BCUT2D eigenvalue weighted by Gasteiger charge is -2.19. The molecule has 118 valence electrons. The van der Waals surface area contributed by atoms with Gasteiger partial charge in [-0.25, -0.2) is 0 Å². The van der Waals surface area contributed by atoms with Crippen LogP contribution in [0.3, 0.4) is 0 Å². The molecule has 8 heteroatoms. The second-order valence-corrected chi connectivity index (χ2v) is 7.36. The van der Waals surface area contributed by atoms with Gasteiger partial charge in [0.2, 0.25) is 0 Å². The van der Waals surface area contributed by atoms with Crippen LogP contribution in [0.1, 0.15) is 20.8 Å². The molecular weight excluding hydrogens is 314 g/mol. The van der Waals surface area contributed by atoms with Crippen molar-refractivity contribution in [1.82, 2.24) is 5.32 Å². The van der Waals surface area contributed by atoms with Crippen molar-refractivity contribution in [1.29, 1.82) is 0 Å². The molecule has 21 heavy (non-hydrogen) atoms. The van der Waals surface area contributed by atoms with Gasteiger partial charge in [0.15, 0.2) is 0 Å². The predicted molar refractivity (Wildman–Crippen MR) is 80.7 cm³/mol. The number of nitrogens with one attached hydrogen (secondary N) is 1. The lowest BCUT2D eigenvalue weighted by Crippen LogP contribution is -2.33. The first kappa shape index (κ1) is 18.0. The minimum Gasteiger partial charge on any atom is -0.459 e. The van der Waals surface area contributed by atoms with E-state index in [1.807, 2.05) is 0 Å². The molecule has 0 saturated carbocycles. The average Bonchev–Trinajstić information content (AvgIpc) is 2.33. The van der Waals surface area contributed by atoms with Gasteiger partial charge >= 0.3 is 5.97 Å². The predicted octanol–water partition coefficient (Wildman–Crippen LogP) is 1.57. The van der Waals surface area contributed by atoms with Gasteiger partial charge in [0.1, 0.15) is 12.3 Å². The average molecular weight is 333 g/mol. The van der Waals surface area contributed by atoms with E-state index in [4.69, 9.17) is 8.92 Å². The fourth-order valence-electron chi connectivity index (χ4n) is 1.33. The summed E-state index contributed by atoms with van der Waals surface area (Å²) in [4.78, 5) is 12.1. The summed E-state index contributed by atoms with van der Waals surface area (Å²) in [6, 6.07) is 5.89. The molecular formula is C13H19NO5S2. The maximum Gasteiger partial charge on any atom is 0.320 e. The number of hydrogen-bond acceptors (Lipinski definition) is 7. The van der Waals surface area contributed by atoms with Gasteiger partial charge < -0.3 is 4.74 Å². The van der Waals surface area contributed by atoms with Crippen molar-refractivity contribution < 1.29 is 22.1 Å². The van der Waals surface area contributed by atoms with Crippen LogP contribution in [0.25, 0.3) is 0 Å². The van der Waals surface area contributed by atoms with Gasteiger partial charge in [-0.2, -0.15) is 8.42 Å². The maximum absolute atomic E-state index is 11.8. The summed E-state index contributed by atoms with van der Waals surface area (Å²) in [5.41, 5.74) is -0.583. The van der Waals surface area contributed by atoms with Gasteiger partial charge in [-0.1, -0.05) is 0 Å². The number of carbonyl (C=O) groups is 1.